The van der Waals surface area contributed by atoms with Gasteiger partial charge in [0.25, 0.3) is 5.91 Å². The summed E-state index contributed by atoms with van der Waals surface area (Å²) in [4.78, 5) is 12.0. The second kappa shape index (κ2) is 8.60. The zero-order valence-electron chi connectivity index (χ0n) is 14.1. The van der Waals surface area contributed by atoms with Crippen molar-refractivity contribution >= 4 is 17.5 Å². The smallest absolute Gasteiger partial charge is 0.260 e. The molecular weight excluding hydrogens is 326 g/mol. The fourth-order valence-electron chi connectivity index (χ4n) is 2.22. The number of aryl methyl sites for hydroxylation is 2. The third-order valence-corrected chi connectivity index (χ3v) is 3.81. The Kier molecular flexibility index (Phi) is 6.50. The summed E-state index contributed by atoms with van der Waals surface area (Å²) in [5.41, 5.74) is 2.27. The maximum Gasteiger partial charge on any atom is 0.260 e. The van der Waals surface area contributed by atoms with Gasteiger partial charge in [0.2, 0.25) is 0 Å². The van der Waals surface area contributed by atoms with Crippen molar-refractivity contribution in [3.8, 4) is 11.5 Å². The van der Waals surface area contributed by atoms with E-state index in [2.05, 4.69) is 11.4 Å². The van der Waals surface area contributed by atoms with Crippen LogP contribution in [0.3, 0.4) is 0 Å². The van der Waals surface area contributed by atoms with Gasteiger partial charge in [-0.15, -0.1) is 0 Å². The van der Waals surface area contributed by atoms with E-state index < -0.39 is 6.10 Å². The number of ether oxygens (including phenoxy) is 2. The summed E-state index contributed by atoms with van der Waals surface area (Å²) in [6.45, 7) is 6.53. The molecular formula is C19H22ClNO3. The van der Waals surface area contributed by atoms with E-state index in [-0.39, 0.29) is 5.91 Å². The molecule has 0 saturated carbocycles. The van der Waals surface area contributed by atoms with Gasteiger partial charge in [0.15, 0.2) is 6.10 Å². The lowest BCUT2D eigenvalue weighted by Gasteiger charge is -2.16. The maximum atomic E-state index is 12.0. The van der Waals surface area contributed by atoms with Gasteiger partial charge in [0.1, 0.15) is 18.1 Å². The average Bonchev–Trinajstić information content (AvgIpc) is 2.55. The van der Waals surface area contributed by atoms with Crippen LogP contribution in [0.2, 0.25) is 5.02 Å². The number of amides is 1. The standard InChI is InChI=1S/C19H22ClNO3/c1-13-8-9-17(14(2)12-13)23-11-10-21-19(22)15(3)24-18-7-5-4-6-16(18)20/h4-9,12,15H,10-11H2,1-3H3,(H,21,22)/t15-/m1/s1. The van der Waals surface area contributed by atoms with E-state index in [1.165, 1.54) is 5.56 Å². The number of benzene rings is 2. The van der Waals surface area contributed by atoms with Gasteiger partial charge < -0.3 is 14.8 Å². The monoisotopic (exact) mass is 347 g/mol. The molecule has 4 nitrogen and oxygen atoms in total. The molecule has 0 aliphatic heterocycles. The Morgan fingerprint density at radius 1 is 1.17 bits per heavy atom. The average molecular weight is 348 g/mol. The van der Waals surface area contributed by atoms with Crippen LogP contribution in [-0.4, -0.2) is 25.2 Å². The van der Waals surface area contributed by atoms with Gasteiger partial charge in [-0.05, 0) is 44.5 Å². The minimum Gasteiger partial charge on any atom is -0.491 e. The highest BCUT2D eigenvalue weighted by Crippen LogP contribution is 2.24. The van der Waals surface area contributed by atoms with Crippen molar-refractivity contribution in [1.29, 1.82) is 0 Å². The van der Waals surface area contributed by atoms with Crippen LogP contribution in [0, 0.1) is 13.8 Å². The number of carbonyl (C=O) groups is 1. The summed E-state index contributed by atoms with van der Waals surface area (Å²) in [6, 6.07) is 13.1. The Hall–Kier alpha value is -2.20. The molecule has 0 unspecified atom stereocenters. The fourth-order valence-corrected chi connectivity index (χ4v) is 2.40. The lowest BCUT2D eigenvalue weighted by molar-refractivity contribution is -0.127. The first-order chi connectivity index (χ1) is 11.5. The van der Waals surface area contributed by atoms with Crippen molar-refractivity contribution in [2.75, 3.05) is 13.2 Å². The topological polar surface area (TPSA) is 47.6 Å². The Morgan fingerprint density at radius 2 is 1.92 bits per heavy atom. The third kappa shape index (κ3) is 5.17. The Labute approximate surface area is 147 Å². The summed E-state index contributed by atoms with van der Waals surface area (Å²) < 4.78 is 11.3. The molecule has 0 aliphatic carbocycles. The van der Waals surface area contributed by atoms with Gasteiger partial charge in [-0.2, -0.15) is 0 Å². The predicted octanol–water partition coefficient (Wildman–Crippen LogP) is 3.92. The number of nitrogens with one attached hydrogen (secondary N) is 1. The molecule has 2 aromatic carbocycles. The number of halogens is 1. The quantitative estimate of drug-likeness (QED) is 0.772. The first-order valence-electron chi connectivity index (χ1n) is 7.86. The van der Waals surface area contributed by atoms with Crippen molar-refractivity contribution in [2.24, 2.45) is 0 Å². The summed E-state index contributed by atoms with van der Waals surface area (Å²) in [5, 5.41) is 3.27. The Morgan fingerprint density at radius 3 is 2.62 bits per heavy atom. The number of carbonyl (C=O) groups excluding carboxylic acids is 1. The van der Waals surface area contributed by atoms with Crippen molar-refractivity contribution in [1.82, 2.24) is 5.32 Å². The van der Waals surface area contributed by atoms with Gasteiger partial charge in [-0.25, -0.2) is 0 Å². The number of hydrogen-bond acceptors (Lipinski definition) is 3. The van der Waals surface area contributed by atoms with Crippen LogP contribution < -0.4 is 14.8 Å². The Bertz CT molecular complexity index is 703. The summed E-state index contributed by atoms with van der Waals surface area (Å²) in [6.07, 6.45) is -0.633. The van der Waals surface area contributed by atoms with E-state index >= 15 is 0 Å². The molecule has 1 N–H and O–H groups in total. The molecule has 0 heterocycles. The predicted molar refractivity (Wildman–Crippen MR) is 96.0 cm³/mol. The normalized spacial score (nSPS) is 11.7. The molecule has 5 heteroatoms. The number of hydrogen-bond donors (Lipinski definition) is 1. The third-order valence-electron chi connectivity index (χ3n) is 3.50. The van der Waals surface area contributed by atoms with Crippen LogP contribution in [0.1, 0.15) is 18.1 Å². The van der Waals surface area contributed by atoms with E-state index in [4.69, 9.17) is 21.1 Å². The second-order valence-electron chi connectivity index (χ2n) is 5.60. The van der Waals surface area contributed by atoms with Gasteiger partial charge in [0, 0.05) is 0 Å². The zero-order valence-corrected chi connectivity index (χ0v) is 14.9. The molecule has 0 aromatic heterocycles. The van der Waals surface area contributed by atoms with E-state index in [1.54, 1.807) is 19.1 Å². The summed E-state index contributed by atoms with van der Waals surface area (Å²) in [5.74, 6) is 1.11. The first kappa shape index (κ1) is 18.1. The molecule has 1 amide bonds. The van der Waals surface area contributed by atoms with Crippen molar-refractivity contribution in [2.45, 2.75) is 26.9 Å². The zero-order chi connectivity index (χ0) is 17.5. The number of rotatable bonds is 7. The fraction of sp³-hybridized carbons (Fsp3) is 0.316. The van der Waals surface area contributed by atoms with E-state index in [1.807, 2.05) is 38.1 Å². The molecule has 24 heavy (non-hydrogen) atoms. The number of para-hydroxylation sites is 1. The molecule has 0 saturated heterocycles. The SMILES string of the molecule is Cc1ccc(OCCNC(=O)[C@@H](C)Oc2ccccc2Cl)c(C)c1. The molecule has 0 radical (unpaired) electrons. The van der Waals surface area contributed by atoms with Crippen LogP contribution >= 0.6 is 11.6 Å². The molecule has 0 spiro atoms. The lowest BCUT2D eigenvalue weighted by atomic mass is 10.1. The second-order valence-corrected chi connectivity index (χ2v) is 6.01. The highest BCUT2D eigenvalue weighted by atomic mass is 35.5. The van der Waals surface area contributed by atoms with Crippen molar-refractivity contribution in [3.05, 3.63) is 58.6 Å². The highest BCUT2D eigenvalue weighted by Gasteiger charge is 2.15. The molecule has 0 bridgehead atoms. The van der Waals surface area contributed by atoms with Crippen LogP contribution in [0.4, 0.5) is 0 Å². The minimum atomic E-state index is -0.633. The molecule has 2 rings (SSSR count). The van der Waals surface area contributed by atoms with Crippen molar-refractivity contribution in [3.63, 3.8) is 0 Å². The molecule has 128 valence electrons. The van der Waals surface area contributed by atoms with Gasteiger partial charge in [-0.3, -0.25) is 4.79 Å². The van der Waals surface area contributed by atoms with E-state index in [0.717, 1.165) is 11.3 Å². The summed E-state index contributed by atoms with van der Waals surface area (Å²) in [7, 11) is 0. The first-order valence-corrected chi connectivity index (χ1v) is 8.24. The largest absolute Gasteiger partial charge is 0.491 e. The van der Waals surface area contributed by atoms with Crippen LogP contribution in [0.25, 0.3) is 0 Å². The van der Waals surface area contributed by atoms with Crippen LogP contribution in [0.15, 0.2) is 42.5 Å². The van der Waals surface area contributed by atoms with Gasteiger partial charge in [-0.1, -0.05) is 41.4 Å². The molecule has 0 aliphatic rings. The molecule has 0 fully saturated rings. The highest BCUT2D eigenvalue weighted by molar-refractivity contribution is 6.32. The van der Waals surface area contributed by atoms with Crippen LogP contribution in [-0.2, 0) is 4.79 Å². The molecule has 2 aromatic rings. The van der Waals surface area contributed by atoms with Gasteiger partial charge >= 0.3 is 0 Å². The maximum absolute atomic E-state index is 12.0. The summed E-state index contributed by atoms with van der Waals surface area (Å²) >= 11 is 6.02. The molecule has 1 atom stereocenters. The minimum absolute atomic E-state index is 0.209. The van der Waals surface area contributed by atoms with Gasteiger partial charge in [0.05, 0.1) is 11.6 Å². The Balaban J connectivity index is 1.75. The van der Waals surface area contributed by atoms with Crippen LogP contribution in [0.5, 0.6) is 11.5 Å². The van der Waals surface area contributed by atoms with E-state index in [9.17, 15) is 4.79 Å². The van der Waals surface area contributed by atoms with E-state index in [0.29, 0.717) is 23.9 Å². The van der Waals surface area contributed by atoms with Crippen molar-refractivity contribution < 1.29 is 14.3 Å². The lowest BCUT2D eigenvalue weighted by Crippen LogP contribution is -2.38.